The first-order valence-electron chi connectivity index (χ1n) is 10.2. The van der Waals surface area contributed by atoms with Crippen LogP contribution < -0.4 is 0 Å². The fraction of sp³-hybridized carbons (Fsp3) is 0.333. The lowest BCUT2D eigenvalue weighted by Gasteiger charge is -2.36. The predicted molar refractivity (Wildman–Crippen MR) is 121 cm³/mol. The number of piperidine rings is 1. The molecule has 0 spiro atoms. The maximum Gasteiger partial charge on any atom is 0.255 e. The highest BCUT2D eigenvalue weighted by atomic mass is 35.5. The Labute approximate surface area is 181 Å². The van der Waals surface area contributed by atoms with E-state index in [1.807, 2.05) is 37.3 Å². The molecule has 2 heterocycles. The molecule has 5 heteroatoms. The van der Waals surface area contributed by atoms with Crippen LogP contribution in [0.5, 0.6) is 0 Å². The predicted octanol–water partition coefficient (Wildman–Crippen LogP) is 6.92. The summed E-state index contributed by atoms with van der Waals surface area (Å²) >= 11 is 12.6. The summed E-state index contributed by atoms with van der Waals surface area (Å²) in [5.74, 6) is 0.0963. The van der Waals surface area contributed by atoms with Crippen molar-refractivity contribution in [3.63, 3.8) is 0 Å². The third-order valence-corrected chi connectivity index (χ3v) is 6.44. The van der Waals surface area contributed by atoms with Gasteiger partial charge in [0.15, 0.2) is 0 Å². The first-order chi connectivity index (χ1) is 14.0. The number of carbonyl (C=O) groups is 1. The molecule has 1 aromatic heterocycles. The van der Waals surface area contributed by atoms with Gasteiger partial charge in [0.25, 0.3) is 5.91 Å². The molecular formula is C24H24Cl2N2O. The van der Waals surface area contributed by atoms with Gasteiger partial charge in [0.05, 0.1) is 21.8 Å². The van der Waals surface area contributed by atoms with Crippen LogP contribution in [0.25, 0.3) is 22.2 Å². The van der Waals surface area contributed by atoms with Crippen LogP contribution in [0.15, 0.2) is 42.5 Å². The average Bonchev–Trinajstić information content (AvgIpc) is 2.73. The molecule has 1 aliphatic rings. The highest BCUT2D eigenvalue weighted by Gasteiger charge is 2.29. The number of pyridine rings is 1. The standard InChI is InChI=1S/C24H24Cl2N2O/c1-3-17-8-6-7-13-28(17)24(29)22-15(2)23(18-12-11-16(25)14-20(18)26)27-21-10-5-4-9-19(21)22/h4-5,9-12,14,17H,3,6-8,13H2,1-2H3. The van der Waals surface area contributed by atoms with E-state index < -0.39 is 0 Å². The number of para-hydroxylation sites is 1. The van der Waals surface area contributed by atoms with Gasteiger partial charge in [0.1, 0.15) is 0 Å². The van der Waals surface area contributed by atoms with Crippen molar-refractivity contribution in [3.8, 4) is 11.3 Å². The first-order valence-corrected chi connectivity index (χ1v) is 10.9. The molecule has 1 unspecified atom stereocenters. The Balaban J connectivity index is 1.93. The molecule has 1 amide bonds. The third kappa shape index (κ3) is 3.74. The largest absolute Gasteiger partial charge is 0.336 e. The second kappa shape index (κ2) is 8.33. The molecular weight excluding hydrogens is 403 g/mol. The van der Waals surface area contributed by atoms with Gasteiger partial charge in [-0.15, -0.1) is 0 Å². The minimum absolute atomic E-state index is 0.0963. The molecule has 0 bridgehead atoms. The summed E-state index contributed by atoms with van der Waals surface area (Å²) in [6.07, 6.45) is 4.29. The number of rotatable bonds is 3. The maximum absolute atomic E-state index is 13.8. The number of carbonyl (C=O) groups excluding carboxylic acids is 1. The Bertz CT molecular complexity index is 1080. The molecule has 0 N–H and O–H groups in total. The molecule has 1 aliphatic heterocycles. The summed E-state index contributed by atoms with van der Waals surface area (Å²) in [5.41, 5.74) is 3.92. The number of nitrogens with zero attached hydrogens (tertiary/aromatic N) is 2. The summed E-state index contributed by atoms with van der Waals surface area (Å²) in [5, 5.41) is 2.00. The van der Waals surface area contributed by atoms with Crippen molar-refractivity contribution in [1.29, 1.82) is 0 Å². The minimum atomic E-state index is 0.0963. The number of hydrogen-bond acceptors (Lipinski definition) is 2. The maximum atomic E-state index is 13.8. The lowest BCUT2D eigenvalue weighted by atomic mass is 9.94. The Morgan fingerprint density at radius 1 is 1.17 bits per heavy atom. The van der Waals surface area contributed by atoms with Crippen LogP contribution in [0.4, 0.5) is 0 Å². The van der Waals surface area contributed by atoms with Gasteiger partial charge in [-0.1, -0.05) is 48.3 Å². The molecule has 0 saturated carbocycles. The Morgan fingerprint density at radius 3 is 2.72 bits per heavy atom. The molecule has 2 aromatic carbocycles. The second-order valence-electron chi connectivity index (χ2n) is 7.66. The van der Waals surface area contributed by atoms with Crippen LogP contribution in [0.2, 0.25) is 10.0 Å². The topological polar surface area (TPSA) is 33.2 Å². The average molecular weight is 427 g/mol. The first kappa shape index (κ1) is 20.2. The van der Waals surface area contributed by atoms with Crippen molar-refractivity contribution in [3.05, 3.63) is 63.6 Å². The Kier molecular flexibility index (Phi) is 5.80. The van der Waals surface area contributed by atoms with Crippen LogP contribution >= 0.6 is 23.2 Å². The molecule has 3 nitrogen and oxygen atoms in total. The van der Waals surface area contributed by atoms with Gasteiger partial charge in [0, 0.05) is 28.6 Å². The van der Waals surface area contributed by atoms with E-state index in [2.05, 4.69) is 11.8 Å². The monoisotopic (exact) mass is 426 g/mol. The number of likely N-dealkylation sites (tertiary alicyclic amines) is 1. The Morgan fingerprint density at radius 2 is 1.97 bits per heavy atom. The number of fused-ring (bicyclic) bond motifs is 1. The normalized spacial score (nSPS) is 17.0. The van der Waals surface area contributed by atoms with Crippen LogP contribution in [0, 0.1) is 6.92 Å². The van der Waals surface area contributed by atoms with Crippen LogP contribution in [-0.4, -0.2) is 28.4 Å². The number of halogens is 2. The summed E-state index contributed by atoms with van der Waals surface area (Å²) in [6, 6.07) is 13.5. The van der Waals surface area contributed by atoms with Crippen molar-refractivity contribution >= 4 is 40.0 Å². The third-order valence-electron chi connectivity index (χ3n) is 5.90. The van der Waals surface area contributed by atoms with E-state index in [4.69, 9.17) is 28.2 Å². The highest BCUT2D eigenvalue weighted by molar-refractivity contribution is 6.36. The smallest absolute Gasteiger partial charge is 0.255 e. The zero-order chi connectivity index (χ0) is 20.5. The SMILES string of the molecule is CCC1CCCCN1C(=O)c1c(C)c(-c2ccc(Cl)cc2Cl)nc2ccccc12. The zero-order valence-corrected chi connectivity index (χ0v) is 18.2. The molecule has 3 aromatic rings. The van der Waals surface area contributed by atoms with E-state index in [-0.39, 0.29) is 5.91 Å². The van der Waals surface area contributed by atoms with Gasteiger partial charge in [-0.05, 0) is 62.4 Å². The molecule has 4 rings (SSSR count). The highest BCUT2D eigenvalue weighted by Crippen LogP contribution is 2.36. The van der Waals surface area contributed by atoms with E-state index in [1.54, 1.807) is 12.1 Å². The molecule has 1 fully saturated rings. The fourth-order valence-corrected chi connectivity index (χ4v) is 4.86. The van der Waals surface area contributed by atoms with Crippen molar-refractivity contribution in [2.24, 2.45) is 0 Å². The number of benzene rings is 2. The van der Waals surface area contributed by atoms with E-state index in [0.29, 0.717) is 16.1 Å². The van der Waals surface area contributed by atoms with Gasteiger partial charge < -0.3 is 4.90 Å². The molecule has 0 aliphatic carbocycles. The van der Waals surface area contributed by atoms with E-state index in [0.717, 1.165) is 59.1 Å². The quantitative estimate of drug-likeness (QED) is 0.455. The van der Waals surface area contributed by atoms with Crippen LogP contribution in [-0.2, 0) is 0 Å². The van der Waals surface area contributed by atoms with E-state index in [1.165, 1.54) is 6.42 Å². The van der Waals surface area contributed by atoms with Crippen molar-refractivity contribution < 1.29 is 4.79 Å². The number of aromatic nitrogens is 1. The van der Waals surface area contributed by atoms with E-state index >= 15 is 0 Å². The van der Waals surface area contributed by atoms with Gasteiger partial charge >= 0.3 is 0 Å². The lowest BCUT2D eigenvalue weighted by Crippen LogP contribution is -2.43. The second-order valence-corrected chi connectivity index (χ2v) is 8.50. The summed E-state index contributed by atoms with van der Waals surface area (Å²) in [7, 11) is 0. The molecule has 0 radical (unpaired) electrons. The molecule has 1 atom stereocenters. The van der Waals surface area contributed by atoms with Crippen molar-refractivity contribution in [2.75, 3.05) is 6.54 Å². The molecule has 29 heavy (non-hydrogen) atoms. The van der Waals surface area contributed by atoms with E-state index in [9.17, 15) is 4.79 Å². The summed E-state index contributed by atoms with van der Waals surface area (Å²) in [4.78, 5) is 20.7. The zero-order valence-electron chi connectivity index (χ0n) is 16.7. The summed E-state index contributed by atoms with van der Waals surface area (Å²) in [6.45, 7) is 4.94. The van der Waals surface area contributed by atoms with Gasteiger partial charge in [0.2, 0.25) is 0 Å². The van der Waals surface area contributed by atoms with Crippen molar-refractivity contribution in [1.82, 2.24) is 9.88 Å². The molecule has 150 valence electrons. The van der Waals surface area contributed by atoms with Crippen LogP contribution in [0.1, 0.15) is 48.5 Å². The Hall–Kier alpha value is -2.10. The molecule has 1 saturated heterocycles. The number of hydrogen-bond donors (Lipinski definition) is 0. The van der Waals surface area contributed by atoms with Crippen molar-refractivity contribution in [2.45, 2.75) is 45.6 Å². The van der Waals surface area contributed by atoms with Gasteiger partial charge in [-0.3, -0.25) is 4.79 Å². The number of amides is 1. The minimum Gasteiger partial charge on any atom is -0.336 e. The lowest BCUT2D eigenvalue weighted by molar-refractivity contribution is 0.0609. The fourth-order valence-electron chi connectivity index (χ4n) is 4.36. The summed E-state index contributed by atoms with van der Waals surface area (Å²) < 4.78 is 0. The van der Waals surface area contributed by atoms with Gasteiger partial charge in [-0.25, -0.2) is 4.98 Å². The van der Waals surface area contributed by atoms with Gasteiger partial charge in [-0.2, -0.15) is 0 Å². The van der Waals surface area contributed by atoms with Crippen LogP contribution in [0.3, 0.4) is 0 Å².